The summed E-state index contributed by atoms with van der Waals surface area (Å²) in [5, 5.41) is 10.6. The van der Waals surface area contributed by atoms with E-state index < -0.39 is 97.5 Å². The molecule has 0 rings (SSSR count). The van der Waals surface area contributed by atoms with Gasteiger partial charge in [-0.2, -0.15) is 0 Å². The van der Waals surface area contributed by atoms with Gasteiger partial charge in [0.2, 0.25) is 0 Å². The van der Waals surface area contributed by atoms with Crippen molar-refractivity contribution in [2.24, 2.45) is 5.92 Å². The molecule has 2 unspecified atom stereocenters. The maximum atomic E-state index is 13.1. The molecule has 0 aromatic heterocycles. The monoisotopic (exact) mass is 1450 g/mol. The zero-order valence-corrected chi connectivity index (χ0v) is 66.4. The molecule has 0 spiro atoms. The first kappa shape index (κ1) is 97.1. The molecule has 17 nitrogen and oxygen atoms in total. The zero-order chi connectivity index (χ0) is 72.7. The highest BCUT2D eigenvalue weighted by molar-refractivity contribution is 7.47. The van der Waals surface area contributed by atoms with Gasteiger partial charge in [-0.3, -0.25) is 37.3 Å². The summed E-state index contributed by atoms with van der Waals surface area (Å²) in [6.07, 6.45) is 64.3. The molecular formula is C80H156O17P2. The Morgan fingerprint density at radius 3 is 0.687 bits per heavy atom. The molecule has 0 amide bonds. The van der Waals surface area contributed by atoms with Gasteiger partial charge in [-0.25, -0.2) is 9.13 Å². The minimum absolute atomic E-state index is 0.108. The van der Waals surface area contributed by atoms with Crippen LogP contribution in [0, 0.1) is 5.92 Å². The highest BCUT2D eigenvalue weighted by Gasteiger charge is 2.30. The van der Waals surface area contributed by atoms with Crippen LogP contribution in [0.4, 0.5) is 0 Å². The molecule has 0 aliphatic rings. The van der Waals surface area contributed by atoms with E-state index in [0.29, 0.717) is 25.7 Å². The lowest BCUT2D eigenvalue weighted by Gasteiger charge is -2.21. The van der Waals surface area contributed by atoms with Gasteiger partial charge in [0.25, 0.3) is 0 Å². The minimum atomic E-state index is -4.96. The first-order valence-electron chi connectivity index (χ1n) is 41.6. The predicted octanol–water partition coefficient (Wildman–Crippen LogP) is 24.0. The summed E-state index contributed by atoms with van der Waals surface area (Å²) in [6.45, 7) is 7.27. The number of carbonyl (C=O) groups excluding carboxylic acids is 4. The minimum Gasteiger partial charge on any atom is -0.462 e. The van der Waals surface area contributed by atoms with Crippen molar-refractivity contribution in [3.8, 4) is 0 Å². The van der Waals surface area contributed by atoms with Crippen molar-refractivity contribution < 1.29 is 80.2 Å². The second-order valence-electron chi connectivity index (χ2n) is 29.3. The first-order valence-corrected chi connectivity index (χ1v) is 44.6. The van der Waals surface area contributed by atoms with Crippen molar-refractivity contribution >= 4 is 39.5 Å². The third-order valence-electron chi connectivity index (χ3n) is 18.8. The maximum absolute atomic E-state index is 13.1. The fourth-order valence-electron chi connectivity index (χ4n) is 12.4. The molecule has 0 saturated carbocycles. The number of rotatable bonds is 80. The van der Waals surface area contributed by atoms with E-state index >= 15 is 0 Å². The molecule has 0 heterocycles. The molecule has 588 valence electrons. The molecule has 0 saturated heterocycles. The number of carbonyl (C=O) groups is 4. The molecule has 0 fully saturated rings. The van der Waals surface area contributed by atoms with Gasteiger partial charge in [0.15, 0.2) is 12.2 Å². The molecule has 99 heavy (non-hydrogen) atoms. The molecular weight excluding hydrogens is 1290 g/mol. The second kappa shape index (κ2) is 73.0. The van der Waals surface area contributed by atoms with E-state index in [9.17, 15) is 43.2 Å². The zero-order valence-electron chi connectivity index (χ0n) is 64.6. The van der Waals surface area contributed by atoms with E-state index in [2.05, 4.69) is 34.6 Å². The van der Waals surface area contributed by atoms with Gasteiger partial charge in [-0.05, 0) is 31.6 Å². The normalized spacial score (nSPS) is 13.9. The van der Waals surface area contributed by atoms with E-state index in [1.807, 2.05) is 0 Å². The molecule has 19 heteroatoms. The SMILES string of the molecule is CCCCCCCCCCCCCCCCCCCCC(=O)OC[C@H](COP(=O)(O)OC[C@@H](O)COP(=O)(O)OC[C@@H](COC(=O)CCCCCCC)OC(=O)CCCCCCCCCCCCCCCCCCCC)OC(=O)CCCCCCCCCCCCCCCCCC(C)C. The molecule has 3 N–H and O–H groups in total. The Kier molecular flexibility index (Phi) is 71.6. The summed E-state index contributed by atoms with van der Waals surface area (Å²) in [4.78, 5) is 72.7. The van der Waals surface area contributed by atoms with E-state index in [4.69, 9.17) is 37.0 Å². The standard InChI is InChI=1S/C80H156O17P2/c1-6-9-12-15-17-19-21-23-25-27-29-33-37-41-45-49-54-59-64-78(83)91-70-76(97-80(85)66-61-56-51-47-43-39-35-31-32-36-40-44-48-53-57-62-73(4)5)72-95-99(88,89)93-68-74(81)67-92-98(86,87)94-71-75(69-90-77(82)63-58-52-14-11-8-3)96-79(84)65-60-55-50-46-42-38-34-30-28-26-24-22-20-18-16-13-10-7-2/h73-76,81H,6-72H2,1-5H3,(H,86,87)(H,88,89)/t74-,75+,76+/m0/s1. The lowest BCUT2D eigenvalue weighted by Crippen LogP contribution is -2.30. The quantitative estimate of drug-likeness (QED) is 0.0222. The van der Waals surface area contributed by atoms with Crippen LogP contribution in [0.25, 0.3) is 0 Å². The van der Waals surface area contributed by atoms with Gasteiger partial charge in [0, 0.05) is 25.7 Å². The van der Waals surface area contributed by atoms with Crippen molar-refractivity contribution in [2.45, 2.75) is 445 Å². The third kappa shape index (κ3) is 74.1. The van der Waals surface area contributed by atoms with Crippen LogP contribution in [0.1, 0.15) is 426 Å². The molecule has 0 aliphatic heterocycles. The van der Waals surface area contributed by atoms with Gasteiger partial charge in [0.1, 0.15) is 19.3 Å². The topological polar surface area (TPSA) is 237 Å². The average Bonchev–Trinajstić information content (AvgIpc) is 1.04. The van der Waals surface area contributed by atoms with Gasteiger partial charge in [-0.1, -0.05) is 375 Å². The van der Waals surface area contributed by atoms with Crippen LogP contribution in [0.5, 0.6) is 0 Å². The van der Waals surface area contributed by atoms with Crippen molar-refractivity contribution in [1.29, 1.82) is 0 Å². The van der Waals surface area contributed by atoms with Crippen LogP contribution in [-0.4, -0.2) is 96.7 Å². The van der Waals surface area contributed by atoms with Gasteiger partial charge < -0.3 is 33.8 Å². The Bertz CT molecular complexity index is 1890. The Balaban J connectivity index is 5.11. The predicted molar refractivity (Wildman–Crippen MR) is 405 cm³/mol. The molecule has 0 aromatic carbocycles. The highest BCUT2D eigenvalue weighted by Crippen LogP contribution is 2.45. The number of esters is 4. The van der Waals surface area contributed by atoms with Gasteiger partial charge in [-0.15, -0.1) is 0 Å². The van der Waals surface area contributed by atoms with E-state index in [-0.39, 0.29) is 25.7 Å². The second-order valence-corrected chi connectivity index (χ2v) is 32.2. The Labute approximate surface area is 607 Å². The largest absolute Gasteiger partial charge is 0.472 e. The number of phosphoric ester groups is 2. The van der Waals surface area contributed by atoms with Crippen molar-refractivity contribution in [3.63, 3.8) is 0 Å². The van der Waals surface area contributed by atoms with Gasteiger partial charge in [0.05, 0.1) is 26.4 Å². The first-order chi connectivity index (χ1) is 48.0. The lowest BCUT2D eigenvalue weighted by molar-refractivity contribution is -0.161. The molecule has 0 aromatic rings. The van der Waals surface area contributed by atoms with Crippen molar-refractivity contribution in [2.75, 3.05) is 39.6 Å². The molecule has 5 atom stereocenters. The number of hydrogen-bond donors (Lipinski definition) is 3. The van der Waals surface area contributed by atoms with Crippen LogP contribution in [0.3, 0.4) is 0 Å². The summed E-state index contributed by atoms with van der Waals surface area (Å²) >= 11 is 0. The average molecular weight is 1450 g/mol. The number of ether oxygens (including phenoxy) is 4. The smallest absolute Gasteiger partial charge is 0.462 e. The van der Waals surface area contributed by atoms with E-state index in [0.717, 1.165) is 102 Å². The summed E-state index contributed by atoms with van der Waals surface area (Å²) in [7, 11) is -9.91. The number of phosphoric acid groups is 2. The fourth-order valence-corrected chi connectivity index (χ4v) is 14.0. The van der Waals surface area contributed by atoms with Crippen LogP contribution in [-0.2, 0) is 65.4 Å². The highest BCUT2D eigenvalue weighted by atomic mass is 31.2. The Morgan fingerprint density at radius 2 is 0.465 bits per heavy atom. The number of aliphatic hydroxyl groups excluding tert-OH is 1. The summed E-state index contributed by atoms with van der Waals surface area (Å²) in [6, 6.07) is 0. The van der Waals surface area contributed by atoms with E-state index in [1.165, 1.54) is 244 Å². The molecule has 0 bridgehead atoms. The van der Waals surface area contributed by atoms with Crippen LogP contribution < -0.4 is 0 Å². The number of unbranched alkanes of at least 4 members (excludes halogenated alkanes) is 52. The van der Waals surface area contributed by atoms with Gasteiger partial charge >= 0.3 is 39.5 Å². The number of hydrogen-bond acceptors (Lipinski definition) is 15. The number of aliphatic hydroxyl groups is 1. The summed E-state index contributed by atoms with van der Waals surface area (Å²) < 4.78 is 68.5. The Hall–Kier alpha value is -1.94. The van der Waals surface area contributed by atoms with Crippen molar-refractivity contribution in [1.82, 2.24) is 0 Å². The van der Waals surface area contributed by atoms with Crippen LogP contribution in [0.15, 0.2) is 0 Å². The molecule has 0 aliphatic carbocycles. The fraction of sp³-hybridized carbons (Fsp3) is 0.950. The van der Waals surface area contributed by atoms with Crippen LogP contribution in [0.2, 0.25) is 0 Å². The lowest BCUT2D eigenvalue weighted by atomic mass is 10.0. The van der Waals surface area contributed by atoms with E-state index in [1.54, 1.807) is 0 Å². The maximum Gasteiger partial charge on any atom is 0.472 e. The summed E-state index contributed by atoms with van der Waals surface area (Å²) in [5.74, 6) is -1.32. The van der Waals surface area contributed by atoms with Crippen LogP contribution >= 0.6 is 15.6 Å². The third-order valence-corrected chi connectivity index (χ3v) is 20.7. The van der Waals surface area contributed by atoms with Crippen molar-refractivity contribution in [3.05, 3.63) is 0 Å². The summed E-state index contributed by atoms with van der Waals surface area (Å²) in [5.41, 5.74) is 0. The Morgan fingerprint density at radius 1 is 0.273 bits per heavy atom. The molecule has 0 radical (unpaired) electrons.